The lowest BCUT2D eigenvalue weighted by Gasteiger charge is -2.10. The number of hydrazine groups is 1. The average molecular weight is 371 g/mol. The highest BCUT2D eigenvalue weighted by Crippen LogP contribution is 2.15. The number of nitrogens with zero attached hydrogens (tertiary/aromatic N) is 2. The second kappa shape index (κ2) is 7.37. The van der Waals surface area contributed by atoms with Crippen LogP contribution in [0.25, 0.3) is 10.8 Å². The lowest BCUT2D eigenvalue weighted by Crippen LogP contribution is -2.43. The molecule has 0 aliphatic heterocycles. The standard InChI is InChI=1S/C18H15ClN4O3/c1-23-18(26)13-8-4-3-7-12(13)16(22-23)17(25)21-20-15(24)10-11-6-2-5-9-14(11)19/h2-9H,10H2,1H3,(H,20,24)(H,21,25). The summed E-state index contributed by atoms with van der Waals surface area (Å²) in [6, 6.07) is 13.6. The molecule has 0 radical (unpaired) electrons. The number of carbonyl (C=O) groups is 2. The van der Waals surface area contributed by atoms with Gasteiger partial charge in [0.2, 0.25) is 5.91 Å². The number of benzene rings is 2. The summed E-state index contributed by atoms with van der Waals surface area (Å²) in [5.74, 6) is -1.05. The summed E-state index contributed by atoms with van der Waals surface area (Å²) < 4.78 is 1.09. The molecule has 2 amide bonds. The molecule has 132 valence electrons. The third-order valence-electron chi connectivity index (χ3n) is 3.80. The minimum atomic E-state index is -0.621. The van der Waals surface area contributed by atoms with Gasteiger partial charge in [0.15, 0.2) is 5.69 Å². The number of rotatable bonds is 3. The molecule has 0 aliphatic carbocycles. The van der Waals surface area contributed by atoms with Crippen molar-refractivity contribution in [2.75, 3.05) is 0 Å². The van der Waals surface area contributed by atoms with E-state index in [1.165, 1.54) is 7.05 Å². The van der Waals surface area contributed by atoms with Crippen molar-refractivity contribution in [1.29, 1.82) is 0 Å². The Labute approximate surface area is 153 Å². The molecule has 0 fully saturated rings. The second-order valence-corrected chi connectivity index (χ2v) is 6.00. The van der Waals surface area contributed by atoms with Crippen molar-refractivity contribution in [3.8, 4) is 0 Å². The molecule has 0 bridgehead atoms. The van der Waals surface area contributed by atoms with Crippen LogP contribution < -0.4 is 16.4 Å². The third-order valence-corrected chi connectivity index (χ3v) is 4.16. The van der Waals surface area contributed by atoms with Gasteiger partial charge >= 0.3 is 0 Å². The van der Waals surface area contributed by atoms with Gasteiger partial charge in [-0.15, -0.1) is 0 Å². The number of fused-ring (bicyclic) bond motifs is 1. The van der Waals surface area contributed by atoms with Crippen molar-refractivity contribution in [3.05, 3.63) is 75.2 Å². The molecule has 8 heteroatoms. The van der Waals surface area contributed by atoms with Gasteiger partial charge in [0, 0.05) is 17.5 Å². The molecule has 0 spiro atoms. The van der Waals surface area contributed by atoms with Crippen molar-refractivity contribution >= 4 is 34.2 Å². The van der Waals surface area contributed by atoms with E-state index in [0.29, 0.717) is 21.4 Å². The lowest BCUT2D eigenvalue weighted by molar-refractivity contribution is -0.121. The third kappa shape index (κ3) is 3.57. The van der Waals surface area contributed by atoms with Gasteiger partial charge in [0.05, 0.1) is 11.8 Å². The summed E-state index contributed by atoms with van der Waals surface area (Å²) in [4.78, 5) is 36.5. The number of aryl methyl sites for hydroxylation is 1. The molecular weight excluding hydrogens is 356 g/mol. The summed E-state index contributed by atoms with van der Waals surface area (Å²) in [5.41, 5.74) is 5.03. The average Bonchev–Trinajstić information content (AvgIpc) is 2.64. The molecule has 7 nitrogen and oxygen atoms in total. The largest absolute Gasteiger partial charge is 0.290 e. The first-order chi connectivity index (χ1) is 12.5. The molecule has 1 heterocycles. The van der Waals surface area contributed by atoms with Crippen molar-refractivity contribution in [1.82, 2.24) is 20.6 Å². The molecule has 2 aromatic carbocycles. The first-order valence-corrected chi connectivity index (χ1v) is 8.14. The maximum absolute atomic E-state index is 12.4. The number of halogens is 1. The predicted molar refractivity (Wildman–Crippen MR) is 97.7 cm³/mol. The van der Waals surface area contributed by atoms with E-state index in [-0.39, 0.29) is 17.7 Å². The number of carbonyl (C=O) groups excluding carboxylic acids is 2. The number of nitrogens with one attached hydrogen (secondary N) is 2. The van der Waals surface area contributed by atoms with E-state index in [9.17, 15) is 14.4 Å². The van der Waals surface area contributed by atoms with E-state index in [0.717, 1.165) is 4.68 Å². The second-order valence-electron chi connectivity index (χ2n) is 5.59. The molecular formula is C18H15ClN4O3. The van der Waals surface area contributed by atoms with Crippen LogP contribution in [0.1, 0.15) is 16.1 Å². The minimum Gasteiger partial charge on any atom is -0.273 e. The summed E-state index contributed by atoms with van der Waals surface area (Å²) >= 11 is 6.01. The zero-order chi connectivity index (χ0) is 18.7. The highest BCUT2D eigenvalue weighted by molar-refractivity contribution is 6.31. The highest BCUT2D eigenvalue weighted by Gasteiger charge is 2.16. The van der Waals surface area contributed by atoms with Gasteiger partial charge in [-0.2, -0.15) is 5.10 Å². The summed E-state index contributed by atoms with van der Waals surface area (Å²) in [5, 5.41) is 5.25. The van der Waals surface area contributed by atoms with Gasteiger partial charge in [-0.05, 0) is 17.7 Å². The summed E-state index contributed by atoms with van der Waals surface area (Å²) in [6.07, 6.45) is 0.0153. The van der Waals surface area contributed by atoms with Gasteiger partial charge in [-0.25, -0.2) is 4.68 Å². The van der Waals surface area contributed by atoms with Gasteiger partial charge in [0.1, 0.15) is 0 Å². The lowest BCUT2D eigenvalue weighted by atomic mass is 10.1. The fourth-order valence-corrected chi connectivity index (χ4v) is 2.71. The molecule has 26 heavy (non-hydrogen) atoms. The van der Waals surface area contributed by atoms with Crippen LogP contribution in [0.5, 0.6) is 0 Å². The van der Waals surface area contributed by atoms with Crippen molar-refractivity contribution in [2.45, 2.75) is 6.42 Å². The van der Waals surface area contributed by atoms with Crippen LogP contribution >= 0.6 is 11.6 Å². The molecule has 0 saturated heterocycles. The minimum absolute atomic E-state index is 0.0153. The van der Waals surface area contributed by atoms with E-state index in [2.05, 4.69) is 16.0 Å². The van der Waals surface area contributed by atoms with Crippen LogP contribution in [0, 0.1) is 0 Å². The van der Waals surface area contributed by atoms with Crippen LogP contribution in [0.15, 0.2) is 53.3 Å². The summed E-state index contributed by atoms with van der Waals surface area (Å²) in [7, 11) is 1.46. The Morgan fingerprint density at radius 1 is 1.04 bits per heavy atom. The number of hydrogen-bond acceptors (Lipinski definition) is 4. The Bertz CT molecular complexity index is 1060. The normalized spacial score (nSPS) is 10.5. The molecule has 0 atom stereocenters. The maximum Gasteiger partial charge on any atom is 0.290 e. The molecule has 2 N–H and O–H groups in total. The Balaban J connectivity index is 1.76. The zero-order valence-corrected chi connectivity index (χ0v) is 14.6. The number of amides is 2. The van der Waals surface area contributed by atoms with E-state index in [1.807, 2.05) is 0 Å². The number of hydrogen-bond donors (Lipinski definition) is 2. The van der Waals surface area contributed by atoms with Crippen LogP contribution in [-0.2, 0) is 18.3 Å². The zero-order valence-electron chi connectivity index (χ0n) is 13.8. The van der Waals surface area contributed by atoms with Crippen LogP contribution in [0.4, 0.5) is 0 Å². The van der Waals surface area contributed by atoms with Gasteiger partial charge < -0.3 is 0 Å². The van der Waals surface area contributed by atoms with Gasteiger partial charge in [-0.3, -0.25) is 25.2 Å². The Morgan fingerprint density at radius 2 is 1.69 bits per heavy atom. The van der Waals surface area contributed by atoms with Crippen LogP contribution in [0.3, 0.4) is 0 Å². The molecule has 1 aromatic heterocycles. The van der Waals surface area contributed by atoms with Gasteiger partial charge in [-0.1, -0.05) is 48.0 Å². The van der Waals surface area contributed by atoms with Gasteiger partial charge in [0.25, 0.3) is 11.5 Å². The maximum atomic E-state index is 12.4. The topological polar surface area (TPSA) is 93.1 Å². The monoisotopic (exact) mass is 370 g/mol. The van der Waals surface area contributed by atoms with Crippen LogP contribution in [0.2, 0.25) is 5.02 Å². The van der Waals surface area contributed by atoms with E-state index < -0.39 is 11.8 Å². The quantitative estimate of drug-likeness (QED) is 0.685. The number of aromatic nitrogens is 2. The Kier molecular flexibility index (Phi) is 4.99. The smallest absolute Gasteiger partial charge is 0.273 e. The first-order valence-electron chi connectivity index (χ1n) is 7.76. The first kappa shape index (κ1) is 17.6. The summed E-state index contributed by atoms with van der Waals surface area (Å²) in [6.45, 7) is 0. The van der Waals surface area contributed by atoms with Crippen molar-refractivity contribution in [3.63, 3.8) is 0 Å². The highest BCUT2D eigenvalue weighted by atomic mass is 35.5. The Hall–Kier alpha value is -3.19. The fraction of sp³-hybridized carbons (Fsp3) is 0.111. The molecule has 0 saturated carbocycles. The fourth-order valence-electron chi connectivity index (χ4n) is 2.51. The molecule has 0 aliphatic rings. The van der Waals surface area contributed by atoms with E-state index in [4.69, 9.17) is 11.6 Å². The van der Waals surface area contributed by atoms with E-state index in [1.54, 1.807) is 48.5 Å². The van der Waals surface area contributed by atoms with Crippen LogP contribution in [-0.4, -0.2) is 21.6 Å². The van der Waals surface area contributed by atoms with Crippen molar-refractivity contribution in [2.24, 2.45) is 7.05 Å². The SMILES string of the molecule is Cn1nc(C(=O)NNC(=O)Cc2ccccc2Cl)c2ccccc2c1=O. The predicted octanol–water partition coefficient (Wildman–Crippen LogP) is 1.59. The Morgan fingerprint density at radius 3 is 2.42 bits per heavy atom. The van der Waals surface area contributed by atoms with E-state index >= 15 is 0 Å². The molecule has 0 unspecified atom stereocenters. The van der Waals surface area contributed by atoms with Crippen molar-refractivity contribution < 1.29 is 9.59 Å². The molecule has 3 rings (SSSR count). The molecule has 3 aromatic rings.